The molecule has 0 N–H and O–H groups in total. The standard InChI is InChI=1S/C22H21Br/c1-16-7-9-19(10-8-16)21-12-11-18(13-14-22(21,3)23)20-6-4-5-17(2)15-20/h4-15H,1-3H3. The highest BCUT2D eigenvalue weighted by Gasteiger charge is 2.24. The first-order valence-electron chi connectivity index (χ1n) is 7.90. The fourth-order valence-corrected chi connectivity index (χ4v) is 3.35. The molecule has 0 nitrogen and oxygen atoms in total. The third-order valence-electron chi connectivity index (χ3n) is 4.25. The monoisotopic (exact) mass is 364 g/mol. The average molecular weight is 365 g/mol. The van der Waals surface area contributed by atoms with Gasteiger partial charge in [0.25, 0.3) is 0 Å². The van der Waals surface area contributed by atoms with Crippen LogP contribution in [-0.4, -0.2) is 4.32 Å². The SMILES string of the molecule is Cc1ccc(C2=CC=C(c3cccc(C)c3)C=CC2(C)Br)cc1. The van der Waals surface area contributed by atoms with Gasteiger partial charge in [0, 0.05) is 0 Å². The summed E-state index contributed by atoms with van der Waals surface area (Å²) in [4.78, 5) is 0. The second kappa shape index (κ2) is 6.33. The van der Waals surface area contributed by atoms with Gasteiger partial charge in [0.15, 0.2) is 0 Å². The Bertz CT molecular complexity index is 802. The van der Waals surface area contributed by atoms with Crippen LogP contribution in [0.5, 0.6) is 0 Å². The van der Waals surface area contributed by atoms with Gasteiger partial charge in [-0.25, -0.2) is 0 Å². The van der Waals surface area contributed by atoms with Gasteiger partial charge in [-0.3, -0.25) is 0 Å². The number of allylic oxidation sites excluding steroid dienone is 6. The Balaban J connectivity index is 2.06. The second-order valence-corrected chi connectivity index (χ2v) is 7.99. The molecule has 0 aromatic heterocycles. The molecule has 0 fully saturated rings. The molecule has 0 aliphatic heterocycles. The molecule has 1 atom stereocenters. The van der Waals surface area contributed by atoms with Gasteiger partial charge in [-0.05, 0) is 43.0 Å². The predicted octanol–water partition coefficient (Wildman–Crippen LogP) is 6.49. The fourth-order valence-electron chi connectivity index (χ4n) is 2.86. The van der Waals surface area contributed by atoms with E-state index in [4.69, 9.17) is 0 Å². The molecule has 1 unspecified atom stereocenters. The minimum atomic E-state index is -0.176. The summed E-state index contributed by atoms with van der Waals surface area (Å²) in [6, 6.07) is 17.4. The van der Waals surface area contributed by atoms with Crippen LogP contribution in [0.4, 0.5) is 0 Å². The molecular formula is C22H21Br. The first-order valence-corrected chi connectivity index (χ1v) is 8.70. The highest BCUT2D eigenvalue weighted by atomic mass is 79.9. The predicted molar refractivity (Wildman–Crippen MR) is 105 cm³/mol. The minimum Gasteiger partial charge on any atom is -0.0758 e. The second-order valence-electron chi connectivity index (χ2n) is 6.35. The molecule has 2 aromatic rings. The summed E-state index contributed by atoms with van der Waals surface area (Å²) in [5, 5.41) is 0. The zero-order valence-corrected chi connectivity index (χ0v) is 15.4. The molecular weight excluding hydrogens is 344 g/mol. The van der Waals surface area contributed by atoms with E-state index in [9.17, 15) is 0 Å². The Morgan fingerprint density at radius 3 is 2.26 bits per heavy atom. The summed E-state index contributed by atoms with van der Waals surface area (Å²) in [6.45, 7) is 6.45. The van der Waals surface area contributed by atoms with Gasteiger partial charge in [0.05, 0.1) is 4.32 Å². The van der Waals surface area contributed by atoms with Gasteiger partial charge in [-0.2, -0.15) is 0 Å². The van der Waals surface area contributed by atoms with Crippen molar-refractivity contribution in [1.82, 2.24) is 0 Å². The quantitative estimate of drug-likeness (QED) is 0.533. The molecule has 0 spiro atoms. The lowest BCUT2D eigenvalue weighted by atomic mass is 9.93. The Kier molecular flexibility index (Phi) is 4.41. The van der Waals surface area contributed by atoms with E-state index in [-0.39, 0.29) is 4.32 Å². The molecule has 0 bridgehead atoms. The van der Waals surface area contributed by atoms with Crippen molar-refractivity contribution in [2.75, 3.05) is 0 Å². The first kappa shape index (κ1) is 16.0. The maximum Gasteiger partial charge on any atom is 0.0666 e. The van der Waals surface area contributed by atoms with Crippen molar-refractivity contribution in [3.63, 3.8) is 0 Å². The van der Waals surface area contributed by atoms with Gasteiger partial charge in [0.2, 0.25) is 0 Å². The molecule has 0 radical (unpaired) electrons. The lowest BCUT2D eigenvalue weighted by Crippen LogP contribution is -2.14. The van der Waals surface area contributed by atoms with Crippen LogP contribution < -0.4 is 0 Å². The van der Waals surface area contributed by atoms with E-state index >= 15 is 0 Å². The Morgan fingerprint density at radius 1 is 0.826 bits per heavy atom. The van der Waals surface area contributed by atoms with Crippen LogP contribution in [-0.2, 0) is 0 Å². The molecule has 23 heavy (non-hydrogen) atoms. The summed E-state index contributed by atoms with van der Waals surface area (Å²) in [7, 11) is 0. The van der Waals surface area contributed by atoms with Crippen LogP contribution in [0.2, 0.25) is 0 Å². The van der Waals surface area contributed by atoms with Gasteiger partial charge in [-0.1, -0.05) is 99.9 Å². The van der Waals surface area contributed by atoms with Crippen LogP contribution in [0.1, 0.15) is 29.2 Å². The summed E-state index contributed by atoms with van der Waals surface area (Å²) in [6.07, 6.45) is 8.89. The van der Waals surface area contributed by atoms with E-state index < -0.39 is 0 Å². The Morgan fingerprint density at radius 2 is 1.57 bits per heavy atom. The van der Waals surface area contributed by atoms with E-state index in [0.717, 1.165) is 0 Å². The highest BCUT2D eigenvalue weighted by Crippen LogP contribution is 2.39. The van der Waals surface area contributed by atoms with E-state index in [1.54, 1.807) is 0 Å². The topological polar surface area (TPSA) is 0 Å². The largest absolute Gasteiger partial charge is 0.0758 e. The first-order chi connectivity index (χ1) is 11.0. The molecule has 0 amide bonds. The van der Waals surface area contributed by atoms with E-state index in [1.807, 2.05) is 0 Å². The lowest BCUT2D eigenvalue weighted by Gasteiger charge is -2.22. The van der Waals surface area contributed by atoms with Crippen LogP contribution in [0.15, 0.2) is 72.8 Å². The summed E-state index contributed by atoms with van der Waals surface area (Å²) >= 11 is 3.89. The van der Waals surface area contributed by atoms with Crippen LogP contribution in [0, 0.1) is 13.8 Å². The van der Waals surface area contributed by atoms with Crippen molar-refractivity contribution >= 4 is 27.1 Å². The summed E-state index contributed by atoms with van der Waals surface area (Å²) in [5.41, 5.74) is 7.58. The molecule has 0 saturated carbocycles. The zero-order chi connectivity index (χ0) is 16.4. The number of aryl methyl sites for hydroxylation is 2. The van der Waals surface area contributed by atoms with Gasteiger partial charge < -0.3 is 0 Å². The third-order valence-corrected chi connectivity index (χ3v) is 4.94. The molecule has 0 saturated heterocycles. The Labute approximate surface area is 147 Å². The van der Waals surface area contributed by atoms with Gasteiger partial charge in [-0.15, -0.1) is 0 Å². The normalized spacial score (nSPS) is 20.7. The van der Waals surface area contributed by atoms with Crippen molar-refractivity contribution in [1.29, 1.82) is 0 Å². The van der Waals surface area contributed by atoms with Gasteiger partial charge in [0.1, 0.15) is 0 Å². The van der Waals surface area contributed by atoms with Crippen LogP contribution in [0.3, 0.4) is 0 Å². The molecule has 1 aliphatic rings. The number of benzene rings is 2. The smallest absolute Gasteiger partial charge is 0.0666 e. The Hall–Kier alpha value is -1.86. The third kappa shape index (κ3) is 3.56. The fraction of sp³-hybridized carbons (Fsp3) is 0.182. The number of hydrogen-bond acceptors (Lipinski definition) is 0. The van der Waals surface area contributed by atoms with E-state index in [0.29, 0.717) is 0 Å². The lowest BCUT2D eigenvalue weighted by molar-refractivity contribution is 1.06. The number of alkyl halides is 1. The number of hydrogen-bond donors (Lipinski definition) is 0. The molecule has 3 rings (SSSR count). The van der Waals surface area contributed by atoms with E-state index in [2.05, 4.69) is 110 Å². The van der Waals surface area contributed by atoms with Crippen molar-refractivity contribution in [2.24, 2.45) is 0 Å². The van der Waals surface area contributed by atoms with Crippen molar-refractivity contribution in [3.8, 4) is 0 Å². The van der Waals surface area contributed by atoms with Gasteiger partial charge >= 0.3 is 0 Å². The number of rotatable bonds is 2. The highest BCUT2D eigenvalue weighted by molar-refractivity contribution is 9.10. The zero-order valence-electron chi connectivity index (χ0n) is 13.8. The summed E-state index contributed by atoms with van der Waals surface area (Å²) in [5.74, 6) is 0. The molecule has 2 aromatic carbocycles. The van der Waals surface area contributed by atoms with Crippen molar-refractivity contribution in [3.05, 3.63) is 95.1 Å². The summed E-state index contributed by atoms with van der Waals surface area (Å²) < 4.78 is -0.176. The van der Waals surface area contributed by atoms with Crippen molar-refractivity contribution in [2.45, 2.75) is 25.1 Å². The van der Waals surface area contributed by atoms with E-state index in [1.165, 1.54) is 33.4 Å². The molecule has 0 heterocycles. The maximum absolute atomic E-state index is 3.89. The molecule has 116 valence electrons. The molecule has 1 aliphatic carbocycles. The van der Waals surface area contributed by atoms with Crippen molar-refractivity contribution < 1.29 is 0 Å². The number of halogens is 1. The average Bonchev–Trinajstić information content (AvgIpc) is 2.67. The van der Waals surface area contributed by atoms with Crippen LogP contribution in [0.25, 0.3) is 11.1 Å². The minimum absolute atomic E-state index is 0.176. The van der Waals surface area contributed by atoms with Crippen LogP contribution >= 0.6 is 15.9 Å². The molecule has 1 heteroatoms. The maximum atomic E-state index is 3.89.